The maximum Gasteiger partial charge on any atom is 0.130 e. The van der Waals surface area contributed by atoms with Gasteiger partial charge in [0.25, 0.3) is 0 Å². The van der Waals surface area contributed by atoms with Gasteiger partial charge in [0.05, 0.1) is 18.2 Å². The van der Waals surface area contributed by atoms with E-state index in [2.05, 4.69) is 0 Å². The summed E-state index contributed by atoms with van der Waals surface area (Å²) in [6.07, 6.45) is 2.46. The molecule has 3 heteroatoms. The number of rotatable bonds is 4. The Labute approximate surface area is 88.3 Å². The zero-order valence-corrected chi connectivity index (χ0v) is 8.37. The van der Waals surface area contributed by atoms with Gasteiger partial charge in [0, 0.05) is 12.2 Å². The Balaban J connectivity index is 1.92. The van der Waals surface area contributed by atoms with Crippen molar-refractivity contribution in [2.24, 2.45) is 5.92 Å². The predicted octanol–water partition coefficient (Wildman–Crippen LogP) is 2.62. The van der Waals surface area contributed by atoms with Crippen molar-refractivity contribution in [2.75, 3.05) is 6.61 Å². The highest BCUT2D eigenvalue weighted by Crippen LogP contribution is 2.29. The Bertz CT molecular complexity index is 393. The van der Waals surface area contributed by atoms with Gasteiger partial charge >= 0.3 is 0 Å². The average molecular weight is 205 g/mol. The van der Waals surface area contributed by atoms with E-state index in [1.165, 1.54) is 18.9 Å². The molecule has 1 aromatic rings. The van der Waals surface area contributed by atoms with Crippen molar-refractivity contribution >= 4 is 0 Å². The first-order chi connectivity index (χ1) is 7.29. The first-order valence-electron chi connectivity index (χ1n) is 5.06. The lowest BCUT2D eigenvalue weighted by molar-refractivity contribution is 0.109. The normalized spacial score (nSPS) is 14.9. The second-order valence-electron chi connectivity index (χ2n) is 3.88. The molecule has 1 fully saturated rings. The van der Waals surface area contributed by atoms with Gasteiger partial charge < -0.3 is 4.74 Å². The van der Waals surface area contributed by atoms with Gasteiger partial charge in [-0.2, -0.15) is 5.26 Å². The fourth-order valence-electron chi connectivity index (χ4n) is 1.35. The van der Waals surface area contributed by atoms with Gasteiger partial charge in [0.15, 0.2) is 0 Å². The summed E-state index contributed by atoms with van der Waals surface area (Å²) in [5.41, 5.74) is 0.869. The summed E-state index contributed by atoms with van der Waals surface area (Å²) in [4.78, 5) is 0. The van der Waals surface area contributed by atoms with Gasteiger partial charge in [-0.25, -0.2) is 4.39 Å². The zero-order chi connectivity index (χ0) is 10.7. The third kappa shape index (κ3) is 2.77. The Kier molecular flexibility index (Phi) is 2.98. The first kappa shape index (κ1) is 10.1. The van der Waals surface area contributed by atoms with Crippen molar-refractivity contribution in [1.82, 2.24) is 0 Å². The molecular formula is C12H12FNO. The fraction of sp³-hybridized carbons (Fsp3) is 0.417. The quantitative estimate of drug-likeness (QED) is 0.757. The van der Waals surface area contributed by atoms with Crippen molar-refractivity contribution in [3.05, 3.63) is 35.1 Å². The molecule has 0 atom stereocenters. The van der Waals surface area contributed by atoms with Crippen molar-refractivity contribution < 1.29 is 9.13 Å². The van der Waals surface area contributed by atoms with Gasteiger partial charge in [-0.1, -0.05) is 6.07 Å². The third-order valence-electron chi connectivity index (χ3n) is 2.49. The van der Waals surface area contributed by atoms with E-state index < -0.39 is 0 Å². The van der Waals surface area contributed by atoms with Crippen LogP contribution in [0, 0.1) is 23.1 Å². The van der Waals surface area contributed by atoms with Crippen LogP contribution in [-0.2, 0) is 11.3 Å². The average Bonchev–Trinajstić information content (AvgIpc) is 3.04. The number of benzene rings is 1. The number of halogens is 1. The molecule has 2 rings (SSSR count). The van der Waals surface area contributed by atoms with Crippen molar-refractivity contribution in [3.63, 3.8) is 0 Å². The van der Waals surface area contributed by atoms with Gasteiger partial charge in [-0.3, -0.25) is 0 Å². The molecule has 1 aliphatic rings. The molecule has 1 aromatic carbocycles. The van der Waals surface area contributed by atoms with Gasteiger partial charge in [0.2, 0.25) is 0 Å². The fourth-order valence-corrected chi connectivity index (χ4v) is 1.35. The number of hydrogen-bond acceptors (Lipinski definition) is 2. The van der Waals surface area contributed by atoms with Crippen LogP contribution in [0.5, 0.6) is 0 Å². The van der Waals surface area contributed by atoms with E-state index in [0.29, 0.717) is 23.7 Å². The van der Waals surface area contributed by atoms with Crippen LogP contribution in [0.15, 0.2) is 18.2 Å². The molecule has 1 saturated carbocycles. The summed E-state index contributed by atoms with van der Waals surface area (Å²) < 4.78 is 18.7. The molecule has 0 aliphatic heterocycles. The molecule has 0 aromatic heterocycles. The largest absolute Gasteiger partial charge is 0.376 e. The summed E-state index contributed by atoms with van der Waals surface area (Å²) in [5, 5.41) is 8.56. The predicted molar refractivity (Wildman–Crippen MR) is 53.5 cm³/mol. The van der Waals surface area contributed by atoms with Gasteiger partial charge in [-0.15, -0.1) is 0 Å². The Hall–Kier alpha value is -1.40. The Morgan fingerprint density at radius 2 is 2.27 bits per heavy atom. The monoisotopic (exact) mass is 205 g/mol. The SMILES string of the molecule is N#Cc1ccc(COCC2CC2)c(F)c1. The van der Waals surface area contributed by atoms with Gasteiger partial charge in [-0.05, 0) is 30.9 Å². The number of hydrogen-bond donors (Lipinski definition) is 0. The first-order valence-corrected chi connectivity index (χ1v) is 5.06. The maximum atomic E-state index is 13.3. The van der Waals surface area contributed by atoms with Crippen molar-refractivity contribution in [2.45, 2.75) is 19.4 Å². The molecular weight excluding hydrogens is 193 g/mol. The minimum Gasteiger partial charge on any atom is -0.376 e. The molecule has 0 unspecified atom stereocenters. The highest BCUT2D eigenvalue weighted by molar-refractivity contribution is 5.32. The molecule has 78 valence electrons. The summed E-state index contributed by atoms with van der Waals surface area (Å²) in [5.74, 6) is 0.330. The van der Waals surface area contributed by atoms with Crippen LogP contribution in [0.2, 0.25) is 0 Å². The van der Waals surface area contributed by atoms with Crippen LogP contribution in [0.25, 0.3) is 0 Å². The van der Waals surface area contributed by atoms with Crippen LogP contribution in [0.1, 0.15) is 24.0 Å². The standard InChI is InChI=1S/C12H12FNO/c13-12-5-10(6-14)3-4-11(12)8-15-7-9-1-2-9/h3-5,9H,1-2,7-8H2. The van der Waals surface area contributed by atoms with E-state index in [1.807, 2.05) is 6.07 Å². The molecule has 2 nitrogen and oxygen atoms in total. The van der Waals surface area contributed by atoms with Crippen LogP contribution < -0.4 is 0 Å². The lowest BCUT2D eigenvalue weighted by Crippen LogP contribution is -1.99. The summed E-state index contributed by atoms with van der Waals surface area (Å²) in [7, 11) is 0. The highest BCUT2D eigenvalue weighted by atomic mass is 19.1. The topological polar surface area (TPSA) is 33.0 Å². The zero-order valence-electron chi connectivity index (χ0n) is 8.37. The van der Waals surface area contributed by atoms with E-state index in [1.54, 1.807) is 12.1 Å². The second kappa shape index (κ2) is 4.41. The van der Waals surface area contributed by atoms with E-state index in [-0.39, 0.29) is 5.82 Å². The minimum absolute atomic E-state index is 0.300. The van der Waals surface area contributed by atoms with E-state index in [4.69, 9.17) is 10.00 Å². The third-order valence-corrected chi connectivity index (χ3v) is 2.49. The maximum absolute atomic E-state index is 13.3. The van der Waals surface area contributed by atoms with Crippen LogP contribution in [0.3, 0.4) is 0 Å². The molecule has 15 heavy (non-hydrogen) atoms. The van der Waals surface area contributed by atoms with Crippen molar-refractivity contribution in [3.8, 4) is 6.07 Å². The molecule has 1 aliphatic carbocycles. The summed E-state index contributed by atoms with van der Waals surface area (Å²) in [6, 6.07) is 6.37. The molecule has 0 bridgehead atoms. The number of nitrogens with zero attached hydrogens (tertiary/aromatic N) is 1. The second-order valence-corrected chi connectivity index (χ2v) is 3.88. The number of nitriles is 1. The van der Waals surface area contributed by atoms with E-state index in [9.17, 15) is 4.39 Å². The summed E-state index contributed by atoms with van der Waals surface area (Å²) >= 11 is 0. The minimum atomic E-state index is -0.357. The lowest BCUT2D eigenvalue weighted by Gasteiger charge is -2.04. The molecule has 0 saturated heterocycles. The van der Waals surface area contributed by atoms with E-state index in [0.717, 1.165) is 6.61 Å². The van der Waals surface area contributed by atoms with Crippen LogP contribution in [-0.4, -0.2) is 6.61 Å². The van der Waals surface area contributed by atoms with Crippen molar-refractivity contribution in [1.29, 1.82) is 5.26 Å². The Morgan fingerprint density at radius 1 is 1.47 bits per heavy atom. The molecule has 0 heterocycles. The highest BCUT2D eigenvalue weighted by Gasteiger charge is 2.21. The smallest absolute Gasteiger partial charge is 0.130 e. The van der Waals surface area contributed by atoms with Gasteiger partial charge in [0.1, 0.15) is 5.82 Å². The molecule has 0 N–H and O–H groups in total. The lowest BCUT2D eigenvalue weighted by atomic mass is 10.1. The molecule has 0 spiro atoms. The Morgan fingerprint density at radius 3 is 2.87 bits per heavy atom. The number of ether oxygens (including phenoxy) is 1. The molecule has 0 radical (unpaired) electrons. The van der Waals surface area contributed by atoms with Crippen LogP contribution in [0.4, 0.5) is 4.39 Å². The van der Waals surface area contributed by atoms with Crippen LogP contribution >= 0.6 is 0 Å². The molecule has 0 amide bonds. The van der Waals surface area contributed by atoms with E-state index >= 15 is 0 Å². The summed E-state index contributed by atoms with van der Waals surface area (Å²) in [6.45, 7) is 1.02.